The van der Waals surface area contributed by atoms with Crippen LogP contribution in [0.3, 0.4) is 0 Å². The van der Waals surface area contributed by atoms with Crippen molar-refractivity contribution in [2.24, 2.45) is 0 Å². The van der Waals surface area contributed by atoms with Crippen LogP contribution in [0.25, 0.3) is 0 Å². The van der Waals surface area contributed by atoms with Crippen LogP contribution in [0.1, 0.15) is 18.5 Å². The summed E-state index contributed by atoms with van der Waals surface area (Å²) in [6.45, 7) is 1.80. The number of ether oxygens (including phenoxy) is 2. The van der Waals surface area contributed by atoms with Gasteiger partial charge < -0.3 is 9.47 Å². The summed E-state index contributed by atoms with van der Waals surface area (Å²) in [5.41, 5.74) is 0.887. The zero-order valence-corrected chi connectivity index (χ0v) is 15.7. The number of rotatable bonds is 7. The lowest BCUT2D eigenvalue weighted by Crippen LogP contribution is -2.27. The minimum absolute atomic E-state index is 0.0527. The molecule has 0 heterocycles. The second kappa shape index (κ2) is 7.92. The van der Waals surface area contributed by atoms with Gasteiger partial charge in [-0.1, -0.05) is 12.1 Å². The number of thioether (sulfide) groups is 1. The second-order valence-electron chi connectivity index (χ2n) is 5.13. The molecular weight excluding hydrogens is 346 g/mol. The van der Waals surface area contributed by atoms with Crippen LogP contribution in [-0.2, 0) is 10.0 Å². The summed E-state index contributed by atoms with van der Waals surface area (Å²) in [5, 5.41) is 0. The minimum atomic E-state index is -3.76. The van der Waals surface area contributed by atoms with Gasteiger partial charge in [0.05, 0.1) is 14.2 Å². The molecule has 24 heavy (non-hydrogen) atoms. The van der Waals surface area contributed by atoms with E-state index in [1.807, 2.05) is 30.5 Å². The molecule has 0 spiro atoms. The molecule has 0 aliphatic carbocycles. The monoisotopic (exact) mass is 367 g/mol. The average molecular weight is 367 g/mol. The summed E-state index contributed by atoms with van der Waals surface area (Å²) < 4.78 is 38.4. The van der Waals surface area contributed by atoms with E-state index in [0.29, 0.717) is 5.75 Å². The molecule has 0 saturated carbocycles. The Balaban J connectivity index is 2.29. The minimum Gasteiger partial charge on any atom is -0.497 e. The van der Waals surface area contributed by atoms with Gasteiger partial charge in [0.1, 0.15) is 16.4 Å². The van der Waals surface area contributed by atoms with Crippen molar-refractivity contribution in [1.82, 2.24) is 4.72 Å². The molecule has 130 valence electrons. The van der Waals surface area contributed by atoms with E-state index in [9.17, 15) is 8.42 Å². The molecule has 0 unspecified atom stereocenters. The van der Waals surface area contributed by atoms with Crippen molar-refractivity contribution in [2.75, 3.05) is 20.5 Å². The molecule has 2 aromatic carbocycles. The van der Waals surface area contributed by atoms with E-state index in [2.05, 4.69) is 4.72 Å². The van der Waals surface area contributed by atoms with Gasteiger partial charge in [-0.05, 0) is 43.0 Å². The Labute approximate surface area is 147 Å². The first-order valence-electron chi connectivity index (χ1n) is 7.29. The van der Waals surface area contributed by atoms with Crippen LogP contribution in [-0.4, -0.2) is 28.9 Å². The second-order valence-corrected chi connectivity index (χ2v) is 7.69. The number of hydrogen-bond acceptors (Lipinski definition) is 5. The molecule has 0 saturated heterocycles. The van der Waals surface area contributed by atoms with Gasteiger partial charge in [-0.3, -0.25) is 0 Å². The summed E-state index contributed by atoms with van der Waals surface area (Å²) in [7, 11) is -0.835. The van der Waals surface area contributed by atoms with Crippen LogP contribution in [0.4, 0.5) is 0 Å². The Morgan fingerprint density at radius 3 is 2.25 bits per heavy atom. The van der Waals surface area contributed by atoms with E-state index >= 15 is 0 Å². The van der Waals surface area contributed by atoms with Crippen LogP contribution < -0.4 is 14.2 Å². The number of nitrogens with one attached hydrogen (secondary N) is 1. The van der Waals surface area contributed by atoms with Crippen molar-refractivity contribution in [1.29, 1.82) is 0 Å². The van der Waals surface area contributed by atoms with Gasteiger partial charge in [-0.15, -0.1) is 11.8 Å². The molecule has 0 amide bonds. The number of hydrogen-bond donors (Lipinski definition) is 1. The van der Waals surface area contributed by atoms with Crippen LogP contribution >= 0.6 is 11.8 Å². The van der Waals surface area contributed by atoms with Crippen LogP contribution in [0.2, 0.25) is 0 Å². The third-order valence-corrected chi connectivity index (χ3v) is 5.91. The highest BCUT2D eigenvalue weighted by molar-refractivity contribution is 7.98. The van der Waals surface area contributed by atoms with Crippen molar-refractivity contribution >= 4 is 21.8 Å². The first kappa shape index (κ1) is 18.6. The molecule has 0 fully saturated rings. The fourth-order valence-corrected chi connectivity index (χ4v) is 4.08. The summed E-state index contributed by atoms with van der Waals surface area (Å²) >= 11 is 1.64. The number of sulfonamides is 1. The predicted molar refractivity (Wildman–Crippen MR) is 96.5 cm³/mol. The lowest BCUT2D eigenvalue weighted by Gasteiger charge is -2.17. The van der Waals surface area contributed by atoms with E-state index in [-0.39, 0.29) is 16.7 Å². The molecule has 2 rings (SSSR count). The molecule has 0 radical (unpaired) electrons. The van der Waals surface area contributed by atoms with Gasteiger partial charge in [0.25, 0.3) is 0 Å². The third kappa shape index (κ3) is 4.23. The van der Waals surface area contributed by atoms with Gasteiger partial charge in [0.15, 0.2) is 0 Å². The van der Waals surface area contributed by atoms with Gasteiger partial charge in [-0.25, -0.2) is 13.1 Å². The Morgan fingerprint density at radius 2 is 1.71 bits per heavy atom. The highest BCUT2D eigenvalue weighted by atomic mass is 32.2. The molecule has 0 aromatic heterocycles. The van der Waals surface area contributed by atoms with Crippen molar-refractivity contribution in [3.05, 3.63) is 48.0 Å². The molecule has 1 N–H and O–H groups in total. The highest BCUT2D eigenvalue weighted by Crippen LogP contribution is 2.29. The first-order valence-corrected chi connectivity index (χ1v) is 10.0. The normalized spacial score (nSPS) is 12.7. The maximum atomic E-state index is 12.7. The smallest absolute Gasteiger partial charge is 0.244 e. The standard InChI is InChI=1S/C17H21NO4S2/c1-12(13-5-8-15(23-4)9-6-13)18-24(19,20)17-11-14(21-2)7-10-16(17)22-3/h5-12,18H,1-4H3/t12-/m0/s1. The zero-order valence-electron chi connectivity index (χ0n) is 14.1. The largest absolute Gasteiger partial charge is 0.497 e. The lowest BCUT2D eigenvalue weighted by molar-refractivity contribution is 0.391. The van der Waals surface area contributed by atoms with E-state index in [1.54, 1.807) is 30.8 Å². The number of methoxy groups -OCH3 is 2. The maximum Gasteiger partial charge on any atom is 0.244 e. The first-order chi connectivity index (χ1) is 11.4. The molecule has 1 atom stereocenters. The van der Waals surface area contributed by atoms with Gasteiger partial charge in [0, 0.05) is 17.0 Å². The summed E-state index contributed by atoms with van der Waals surface area (Å²) in [6.07, 6.45) is 2.00. The van der Waals surface area contributed by atoms with Crippen molar-refractivity contribution in [3.63, 3.8) is 0 Å². The quantitative estimate of drug-likeness (QED) is 0.759. The van der Waals surface area contributed by atoms with Crippen molar-refractivity contribution in [3.8, 4) is 11.5 Å². The Morgan fingerprint density at radius 1 is 1.04 bits per heavy atom. The summed E-state index contributed by atoms with van der Waals surface area (Å²) in [5.74, 6) is 0.724. The van der Waals surface area contributed by atoms with Crippen LogP contribution in [0.5, 0.6) is 11.5 Å². The SMILES string of the molecule is COc1ccc(OC)c(S(=O)(=O)N[C@@H](C)c2ccc(SC)cc2)c1. The zero-order chi connectivity index (χ0) is 17.7. The molecule has 0 bridgehead atoms. The lowest BCUT2D eigenvalue weighted by atomic mass is 10.1. The van der Waals surface area contributed by atoms with Gasteiger partial charge in [-0.2, -0.15) is 0 Å². The van der Waals surface area contributed by atoms with Gasteiger partial charge in [0.2, 0.25) is 10.0 Å². The third-order valence-electron chi connectivity index (χ3n) is 3.61. The van der Waals surface area contributed by atoms with Crippen molar-refractivity contribution in [2.45, 2.75) is 22.8 Å². The van der Waals surface area contributed by atoms with Crippen LogP contribution in [0.15, 0.2) is 52.3 Å². The Hall–Kier alpha value is -1.70. The predicted octanol–water partition coefficient (Wildman–Crippen LogP) is 3.47. The molecule has 0 aliphatic heterocycles. The molecule has 2 aromatic rings. The van der Waals surface area contributed by atoms with E-state index in [1.165, 1.54) is 20.3 Å². The topological polar surface area (TPSA) is 64.6 Å². The maximum absolute atomic E-state index is 12.7. The fraction of sp³-hybridized carbons (Fsp3) is 0.294. The molecule has 5 nitrogen and oxygen atoms in total. The van der Waals surface area contributed by atoms with Crippen LogP contribution in [0, 0.1) is 0 Å². The Kier molecular flexibility index (Phi) is 6.15. The Bertz CT molecular complexity index is 789. The molecule has 7 heteroatoms. The summed E-state index contributed by atoms with van der Waals surface area (Å²) in [6, 6.07) is 12.1. The van der Waals surface area contributed by atoms with E-state index in [4.69, 9.17) is 9.47 Å². The summed E-state index contributed by atoms with van der Waals surface area (Å²) in [4.78, 5) is 1.18. The fourth-order valence-electron chi connectivity index (χ4n) is 2.25. The average Bonchev–Trinajstić information content (AvgIpc) is 2.60. The van der Waals surface area contributed by atoms with E-state index in [0.717, 1.165) is 10.5 Å². The highest BCUT2D eigenvalue weighted by Gasteiger charge is 2.23. The van der Waals surface area contributed by atoms with Crippen molar-refractivity contribution < 1.29 is 17.9 Å². The number of benzene rings is 2. The molecule has 0 aliphatic rings. The van der Waals surface area contributed by atoms with E-state index < -0.39 is 10.0 Å². The van der Waals surface area contributed by atoms with Gasteiger partial charge >= 0.3 is 0 Å². The molecular formula is C17H21NO4S2.